The summed E-state index contributed by atoms with van der Waals surface area (Å²) in [6.45, 7) is 3.19. The van der Waals surface area contributed by atoms with Gasteiger partial charge in [0.2, 0.25) is 16.0 Å². The van der Waals surface area contributed by atoms with Crippen molar-refractivity contribution >= 4 is 16.0 Å². The van der Waals surface area contributed by atoms with Gasteiger partial charge in [-0.2, -0.15) is 0 Å². The molecular weight excluding hydrogens is 288 g/mol. The van der Waals surface area contributed by atoms with E-state index in [1.54, 1.807) is 0 Å². The first-order valence-corrected chi connectivity index (χ1v) is 9.14. The van der Waals surface area contributed by atoms with Gasteiger partial charge in [0.05, 0.1) is 12.4 Å². The topological polar surface area (TPSA) is 84.0 Å². The predicted octanol–water partition coefficient (Wildman–Crippen LogP) is 1.62. The van der Waals surface area contributed by atoms with Crippen LogP contribution < -0.4 is 10.0 Å². The summed E-state index contributed by atoms with van der Waals surface area (Å²) >= 11 is 0. The lowest BCUT2D eigenvalue weighted by Gasteiger charge is -2.16. The van der Waals surface area contributed by atoms with Gasteiger partial charge in [-0.05, 0) is 50.4 Å². The minimum absolute atomic E-state index is 0.134. The average Bonchev–Trinajstić information content (AvgIpc) is 3.34. The summed E-state index contributed by atoms with van der Waals surface area (Å²) in [5.74, 6) is 2.42. The van der Waals surface area contributed by atoms with Gasteiger partial charge >= 0.3 is 0 Å². The Bertz CT molecular complexity index is 567. The minimum atomic E-state index is -3.50. The van der Waals surface area contributed by atoms with Crippen molar-refractivity contribution in [1.82, 2.24) is 14.7 Å². The molecule has 0 radical (unpaired) electrons. The highest BCUT2D eigenvalue weighted by Crippen LogP contribution is 2.48. The molecular formula is C14H22N4O2S. The van der Waals surface area contributed by atoms with Gasteiger partial charge in [-0.1, -0.05) is 0 Å². The van der Waals surface area contributed by atoms with E-state index in [9.17, 15) is 8.42 Å². The van der Waals surface area contributed by atoms with Crippen LogP contribution in [0.25, 0.3) is 0 Å². The first-order valence-electron chi connectivity index (χ1n) is 7.65. The number of hydrogen-bond donors (Lipinski definition) is 2. The summed E-state index contributed by atoms with van der Waals surface area (Å²) in [5, 5.41) is 2.95. The Kier molecular flexibility index (Phi) is 4.12. The Labute approximate surface area is 125 Å². The van der Waals surface area contributed by atoms with Crippen molar-refractivity contribution in [2.24, 2.45) is 17.8 Å². The van der Waals surface area contributed by atoms with Crippen LogP contribution in [0.5, 0.6) is 0 Å². The maximum atomic E-state index is 12.3. The fourth-order valence-corrected chi connectivity index (χ4v) is 3.72. The second-order valence-corrected chi connectivity index (χ2v) is 7.73. The molecule has 116 valence electrons. The Balaban J connectivity index is 1.62. The van der Waals surface area contributed by atoms with E-state index in [-0.39, 0.29) is 4.90 Å². The Morgan fingerprint density at radius 2 is 1.76 bits per heavy atom. The Morgan fingerprint density at radius 1 is 1.19 bits per heavy atom. The molecule has 0 unspecified atom stereocenters. The molecule has 7 heteroatoms. The molecule has 1 heterocycles. The third kappa shape index (κ3) is 3.71. The predicted molar refractivity (Wildman–Crippen MR) is 80.3 cm³/mol. The lowest BCUT2D eigenvalue weighted by atomic mass is 9.99. The highest BCUT2D eigenvalue weighted by Gasteiger charge is 2.41. The van der Waals surface area contributed by atoms with Crippen LogP contribution in [0, 0.1) is 17.8 Å². The number of hydrogen-bond acceptors (Lipinski definition) is 5. The molecule has 0 aliphatic heterocycles. The molecule has 21 heavy (non-hydrogen) atoms. The molecule has 2 N–H and O–H groups in total. The van der Waals surface area contributed by atoms with Crippen LogP contribution in [-0.2, 0) is 10.0 Å². The number of sulfonamides is 1. The molecule has 0 bridgehead atoms. The number of aromatic nitrogens is 2. The van der Waals surface area contributed by atoms with Gasteiger partial charge in [-0.15, -0.1) is 0 Å². The summed E-state index contributed by atoms with van der Waals surface area (Å²) < 4.78 is 27.3. The number of rotatable bonds is 8. The van der Waals surface area contributed by atoms with Crippen molar-refractivity contribution in [3.63, 3.8) is 0 Å². The smallest absolute Gasteiger partial charge is 0.243 e. The van der Waals surface area contributed by atoms with Crippen molar-refractivity contribution in [3.8, 4) is 0 Å². The zero-order chi connectivity index (χ0) is 14.9. The van der Waals surface area contributed by atoms with Crippen LogP contribution in [0.3, 0.4) is 0 Å². The molecule has 1 aromatic heterocycles. The average molecular weight is 310 g/mol. The third-order valence-electron chi connectivity index (χ3n) is 4.24. The van der Waals surface area contributed by atoms with E-state index in [0.717, 1.165) is 11.8 Å². The van der Waals surface area contributed by atoms with Crippen LogP contribution in [0.15, 0.2) is 17.3 Å². The number of nitrogens with zero attached hydrogens (tertiary/aromatic N) is 2. The highest BCUT2D eigenvalue weighted by atomic mass is 32.2. The molecule has 0 atom stereocenters. The van der Waals surface area contributed by atoms with Crippen molar-refractivity contribution in [2.75, 3.05) is 18.4 Å². The molecule has 2 saturated carbocycles. The van der Waals surface area contributed by atoms with Gasteiger partial charge in [-0.25, -0.2) is 23.1 Å². The van der Waals surface area contributed by atoms with Gasteiger partial charge in [-0.3, -0.25) is 0 Å². The van der Waals surface area contributed by atoms with Crippen molar-refractivity contribution in [2.45, 2.75) is 37.5 Å². The van der Waals surface area contributed by atoms with Gasteiger partial charge in [0.25, 0.3) is 0 Å². The lowest BCUT2D eigenvalue weighted by Crippen LogP contribution is -2.31. The fourth-order valence-electron chi connectivity index (χ4n) is 2.76. The summed E-state index contributed by atoms with van der Waals surface area (Å²) in [5.41, 5.74) is 0. The van der Waals surface area contributed by atoms with E-state index in [0.29, 0.717) is 25.0 Å². The standard InChI is InChI=1S/C14H22N4O2S/c1-2-15-14-16-7-12(8-17-14)21(19,20)18-9-13(10-3-4-10)11-5-6-11/h7-8,10-11,13,18H,2-6,9H2,1H3,(H,15,16,17). The fraction of sp³-hybridized carbons (Fsp3) is 0.714. The summed E-state index contributed by atoms with van der Waals surface area (Å²) in [4.78, 5) is 8.16. The minimum Gasteiger partial charge on any atom is -0.355 e. The van der Waals surface area contributed by atoms with E-state index < -0.39 is 10.0 Å². The van der Waals surface area contributed by atoms with Crippen LogP contribution in [0.4, 0.5) is 5.95 Å². The van der Waals surface area contributed by atoms with E-state index >= 15 is 0 Å². The molecule has 0 spiro atoms. The van der Waals surface area contributed by atoms with Crippen LogP contribution in [-0.4, -0.2) is 31.5 Å². The quantitative estimate of drug-likeness (QED) is 0.762. The number of nitrogens with one attached hydrogen (secondary N) is 2. The van der Waals surface area contributed by atoms with Crippen LogP contribution in [0.1, 0.15) is 32.6 Å². The number of anilines is 1. The van der Waals surface area contributed by atoms with Crippen molar-refractivity contribution < 1.29 is 8.42 Å². The molecule has 2 aliphatic carbocycles. The van der Waals surface area contributed by atoms with E-state index in [4.69, 9.17) is 0 Å². The SMILES string of the molecule is CCNc1ncc(S(=O)(=O)NCC(C2CC2)C2CC2)cn1. The summed E-state index contributed by atoms with van der Waals surface area (Å²) in [7, 11) is -3.50. The molecule has 0 amide bonds. The summed E-state index contributed by atoms with van der Waals surface area (Å²) in [6, 6.07) is 0. The van der Waals surface area contributed by atoms with Crippen LogP contribution >= 0.6 is 0 Å². The molecule has 3 rings (SSSR count). The Hall–Kier alpha value is -1.21. The maximum Gasteiger partial charge on any atom is 0.243 e. The van der Waals surface area contributed by atoms with Crippen LogP contribution in [0.2, 0.25) is 0 Å². The first-order chi connectivity index (χ1) is 10.1. The second kappa shape index (κ2) is 5.88. The molecule has 1 aromatic rings. The van der Waals surface area contributed by atoms with E-state index in [2.05, 4.69) is 20.0 Å². The third-order valence-corrected chi connectivity index (χ3v) is 5.62. The van der Waals surface area contributed by atoms with Gasteiger partial charge in [0.15, 0.2) is 0 Å². The molecule has 2 fully saturated rings. The first kappa shape index (κ1) is 14.7. The molecule has 6 nitrogen and oxygen atoms in total. The van der Waals surface area contributed by atoms with E-state index in [1.807, 2.05) is 6.92 Å². The zero-order valence-corrected chi connectivity index (χ0v) is 13.1. The van der Waals surface area contributed by atoms with Crippen molar-refractivity contribution in [1.29, 1.82) is 0 Å². The Morgan fingerprint density at radius 3 is 2.24 bits per heavy atom. The lowest BCUT2D eigenvalue weighted by molar-refractivity contribution is 0.401. The van der Waals surface area contributed by atoms with Gasteiger partial charge < -0.3 is 5.32 Å². The van der Waals surface area contributed by atoms with Gasteiger partial charge in [0.1, 0.15) is 4.90 Å². The monoisotopic (exact) mass is 310 g/mol. The van der Waals surface area contributed by atoms with E-state index in [1.165, 1.54) is 38.1 Å². The summed E-state index contributed by atoms with van der Waals surface area (Å²) in [6.07, 6.45) is 7.73. The molecule has 0 saturated heterocycles. The molecule has 0 aromatic carbocycles. The largest absolute Gasteiger partial charge is 0.355 e. The normalized spacial score (nSPS) is 19.0. The maximum absolute atomic E-state index is 12.3. The zero-order valence-electron chi connectivity index (χ0n) is 12.2. The molecule has 2 aliphatic rings. The second-order valence-electron chi connectivity index (χ2n) is 5.96. The van der Waals surface area contributed by atoms with Crippen molar-refractivity contribution in [3.05, 3.63) is 12.4 Å². The highest BCUT2D eigenvalue weighted by molar-refractivity contribution is 7.89. The van der Waals surface area contributed by atoms with Gasteiger partial charge in [0, 0.05) is 13.1 Å².